The van der Waals surface area contributed by atoms with Gasteiger partial charge >= 0.3 is 5.97 Å². The maximum atomic E-state index is 14.4. The molecule has 5 nitrogen and oxygen atoms in total. The van der Waals surface area contributed by atoms with Gasteiger partial charge in [-0.15, -0.1) is 0 Å². The number of fused-ring (bicyclic) bond motifs is 1. The lowest BCUT2D eigenvalue weighted by Gasteiger charge is -2.27. The SMILES string of the molecule is O=C(OCc1cc(=O)n2cc(Br)ccc2n1)C1(c2ccccc2F)CCCC1. The van der Waals surface area contributed by atoms with Crippen LogP contribution < -0.4 is 5.56 Å². The third-order valence-corrected chi connectivity index (χ3v) is 5.73. The van der Waals surface area contributed by atoms with Crippen LogP contribution in [0.4, 0.5) is 4.39 Å². The summed E-state index contributed by atoms with van der Waals surface area (Å²) in [6, 6.07) is 11.2. The molecule has 1 aliphatic carbocycles. The summed E-state index contributed by atoms with van der Waals surface area (Å²) in [6.45, 7) is -0.128. The number of hydrogen-bond acceptors (Lipinski definition) is 4. The summed E-state index contributed by atoms with van der Waals surface area (Å²) in [5.74, 6) is -0.859. The summed E-state index contributed by atoms with van der Waals surface area (Å²) < 4.78 is 22.1. The maximum Gasteiger partial charge on any atom is 0.317 e. The zero-order valence-electron chi connectivity index (χ0n) is 15.0. The molecule has 0 unspecified atom stereocenters. The largest absolute Gasteiger partial charge is 0.458 e. The number of halogens is 2. The molecule has 2 aromatic heterocycles. The van der Waals surface area contributed by atoms with E-state index in [0.29, 0.717) is 29.7 Å². The predicted octanol–water partition coefficient (Wildman–Crippen LogP) is 4.15. The van der Waals surface area contributed by atoms with Crippen molar-refractivity contribution in [2.45, 2.75) is 37.7 Å². The fraction of sp³-hybridized carbons (Fsp3) is 0.286. The molecule has 0 N–H and O–H groups in total. The molecule has 1 aromatic carbocycles. The number of esters is 1. The molecular formula is C21H18BrFN2O3. The zero-order chi connectivity index (χ0) is 19.7. The van der Waals surface area contributed by atoms with E-state index in [1.165, 1.54) is 16.5 Å². The number of carbonyl (C=O) groups is 1. The Balaban J connectivity index is 1.60. The van der Waals surface area contributed by atoms with Gasteiger partial charge in [0.2, 0.25) is 0 Å². The van der Waals surface area contributed by atoms with E-state index >= 15 is 0 Å². The van der Waals surface area contributed by atoms with Crippen LogP contribution in [0.5, 0.6) is 0 Å². The molecule has 2 heterocycles. The maximum absolute atomic E-state index is 14.4. The highest BCUT2D eigenvalue weighted by atomic mass is 79.9. The van der Waals surface area contributed by atoms with Gasteiger partial charge in [-0.05, 0) is 47.0 Å². The van der Waals surface area contributed by atoms with Crippen molar-refractivity contribution in [1.82, 2.24) is 9.38 Å². The van der Waals surface area contributed by atoms with Crippen molar-refractivity contribution in [2.75, 3.05) is 0 Å². The van der Waals surface area contributed by atoms with Crippen molar-refractivity contribution in [3.63, 3.8) is 0 Å². The van der Waals surface area contributed by atoms with E-state index in [0.717, 1.165) is 17.3 Å². The van der Waals surface area contributed by atoms with Crippen molar-refractivity contribution < 1.29 is 13.9 Å². The first-order chi connectivity index (χ1) is 13.5. The quantitative estimate of drug-likeness (QED) is 0.567. The average molecular weight is 445 g/mol. The standard InChI is InChI=1S/C21H18BrFN2O3/c22-14-7-8-18-24-15(11-19(26)25(18)12-14)13-28-20(27)21(9-3-4-10-21)16-5-1-2-6-17(16)23/h1-2,5-8,11-12H,3-4,9-10,13H2. The Kier molecular flexibility index (Phi) is 5.02. The highest BCUT2D eigenvalue weighted by molar-refractivity contribution is 9.10. The molecule has 0 saturated heterocycles. The number of benzene rings is 1. The first-order valence-corrected chi connectivity index (χ1v) is 9.89. The molecule has 0 amide bonds. The number of nitrogens with zero attached hydrogens (tertiary/aromatic N) is 2. The fourth-order valence-electron chi connectivity index (χ4n) is 3.89. The summed E-state index contributed by atoms with van der Waals surface area (Å²) in [7, 11) is 0. The average Bonchev–Trinajstić information content (AvgIpc) is 3.18. The van der Waals surface area contributed by atoms with E-state index in [1.807, 2.05) is 0 Å². The second-order valence-electron chi connectivity index (χ2n) is 7.01. The summed E-state index contributed by atoms with van der Waals surface area (Å²) in [4.78, 5) is 29.7. The monoisotopic (exact) mass is 444 g/mol. The topological polar surface area (TPSA) is 60.7 Å². The highest BCUT2D eigenvalue weighted by Crippen LogP contribution is 2.43. The molecule has 7 heteroatoms. The Morgan fingerprint density at radius 2 is 1.96 bits per heavy atom. The number of ether oxygens (including phenoxy) is 1. The smallest absolute Gasteiger partial charge is 0.317 e. The van der Waals surface area contributed by atoms with E-state index in [1.54, 1.807) is 36.5 Å². The lowest BCUT2D eigenvalue weighted by Crippen LogP contribution is -2.35. The van der Waals surface area contributed by atoms with Gasteiger partial charge in [-0.2, -0.15) is 0 Å². The number of carbonyl (C=O) groups excluding carboxylic acids is 1. The van der Waals surface area contributed by atoms with Crippen LogP contribution in [0.15, 0.2) is 57.9 Å². The van der Waals surface area contributed by atoms with Gasteiger partial charge in [0.05, 0.1) is 11.1 Å². The van der Waals surface area contributed by atoms with Crippen LogP contribution in [-0.4, -0.2) is 15.4 Å². The molecule has 0 atom stereocenters. The Labute approximate surface area is 169 Å². The fourth-order valence-corrected chi connectivity index (χ4v) is 4.23. The van der Waals surface area contributed by atoms with Gasteiger partial charge in [0.25, 0.3) is 5.56 Å². The van der Waals surface area contributed by atoms with E-state index in [2.05, 4.69) is 20.9 Å². The minimum atomic E-state index is -0.970. The van der Waals surface area contributed by atoms with Gasteiger partial charge in [-0.1, -0.05) is 31.0 Å². The van der Waals surface area contributed by atoms with E-state index < -0.39 is 17.2 Å². The Bertz CT molecular complexity index is 1110. The van der Waals surface area contributed by atoms with Crippen molar-refractivity contribution in [3.05, 3.63) is 80.6 Å². The van der Waals surface area contributed by atoms with Crippen LogP contribution in [0.2, 0.25) is 0 Å². The molecule has 144 valence electrons. The highest BCUT2D eigenvalue weighted by Gasteiger charge is 2.45. The first-order valence-electron chi connectivity index (χ1n) is 9.10. The second-order valence-corrected chi connectivity index (χ2v) is 7.92. The van der Waals surface area contributed by atoms with Crippen LogP contribution >= 0.6 is 15.9 Å². The Hall–Kier alpha value is -2.54. The van der Waals surface area contributed by atoms with Crippen molar-refractivity contribution in [3.8, 4) is 0 Å². The van der Waals surface area contributed by atoms with Gasteiger partial charge in [0.15, 0.2) is 0 Å². The molecule has 0 aliphatic heterocycles. The van der Waals surface area contributed by atoms with Crippen LogP contribution in [-0.2, 0) is 21.6 Å². The number of hydrogen-bond donors (Lipinski definition) is 0. The minimum Gasteiger partial charge on any atom is -0.458 e. The molecular weight excluding hydrogens is 427 g/mol. The minimum absolute atomic E-state index is 0.128. The molecule has 28 heavy (non-hydrogen) atoms. The summed E-state index contributed by atoms with van der Waals surface area (Å²) in [5.41, 5.74) is -0.0213. The molecule has 1 fully saturated rings. The number of rotatable bonds is 4. The molecule has 3 aromatic rings. The molecule has 1 aliphatic rings. The van der Waals surface area contributed by atoms with Crippen LogP contribution in [0.1, 0.15) is 36.9 Å². The first kappa shape index (κ1) is 18.8. The molecule has 0 spiro atoms. The van der Waals surface area contributed by atoms with Gasteiger partial charge in [-0.25, -0.2) is 9.37 Å². The van der Waals surface area contributed by atoms with Crippen molar-refractivity contribution >= 4 is 27.5 Å². The number of pyridine rings is 1. The summed E-state index contributed by atoms with van der Waals surface area (Å²) in [5, 5.41) is 0. The van der Waals surface area contributed by atoms with E-state index in [9.17, 15) is 14.0 Å². The van der Waals surface area contributed by atoms with Crippen LogP contribution in [0, 0.1) is 5.82 Å². The predicted molar refractivity (Wildman–Crippen MR) is 106 cm³/mol. The number of aromatic nitrogens is 2. The van der Waals surface area contributed by atoms with Crippen LogP contribution in [0.3, 0.4) is 0 Å². The van der Waals surface area contributed by atoms with Gasteiger partial charge in [0.1, 0.15) is 18.1 Å². The molecule has 1 saturated carbocycles. The van der Waals surface area contributed by atoms with E-state index in [4.69, 9.17) is 4.74 Å². The van der Waals surface area contributed by atoms with Crippen molar-refractivity contribution in [2.24, 2.45) is 0 Å². The summed E-state index contributed by atoms with van der Waals surface area (Å²) in [6.07, 6.45) is 4.41. The molecule has 4 rings (SSSR count). The summed E-state index contributed by atoms with van der Waals surface area (Å²) >= 11 is 3.32. The molecule has 0 bridgehead atoms. The Morgan fingerprint density at radius 3 is 2.71 bits per heavy atom. The van der Waals surface area contributed by atoms with Crippen LogP contribution in [0.25, 0.3) is 5.65 Å². The van der Waals surface area contributed by atoms with Gasteiger partial charge < -0.3 is 4.74 Å². The molecule has 0 radical (unpaired) electrons. The third-order valence-electron chi connectivity index (χ3n) is 5.26. The third kappa shape index (κ3) is 3.35. The van der Waals surface area contributed by atoms with Crippen molar-refractivity contribution in [1.29, 1.82) is 0 Å². The second kappa shape index (κ2) is 7.47. The van der Waals surface area contributed by atoms with Gasteiger partial charge in [-0.3, -0.25) is 14.0 Å². The van der Waals surface area contributed by atoms with Gasteiger partial charge in [0, 0.05) is 22.3 Å². The zero-order valence-corrected chi connectivity index (χ0v) is 16.6. The lowest BCUT2D eigenvalue weighted by molar-refractivity contribution is -0.152. The van der Waals surface area contributed by atoms with E-state index in [-0.39, 0.29) is 12.2 Å². The normalized spacial score (nSPS) is 15.6. The lowest BCUT2D eigenvalue weighted by atomic mass is 9.78. The Morgan fingerprint density at radius 1 is 1.21 bits per heavy atom.